The number of carbonyl (C=O) groups is 4. The monoisotopic (exact) mass is 514 g/mol. The zero-order valence-electron chi connectivity index (χ0n) is 19.0. The van der Waals surface area contributed by atoms with Crippen molar-refractivity contribution < 1.29 is 23.6 Å². The summed E-state index contributed by atoms with van der Waals surface area (Å²) in [6.45, 7) is 0.239. The molecule has 3 aliphatic rings. The van der Waals surface area contributed by atoms with Gasteiger partial charge in [-0.2, -0.15) is 0 Å². The predicted molar refractivity (Wildman–Crippen MR) is 129 cm³/mol. The van der Waals surface area contributed by atoms with Crippen molar-refractivity contribution in [3.8, 4) is 0 Å². The van der Waals surface area contributed by atoms with E-state index >= 15 is 4.39 Å². The van der Waals surface area contributed by atoms with Gasteiger partial charge in [0.05, 0.1) is 10.7 Å². The molecule has 1 unspecified atom stereocenters. The fourth-order valence-corrected chi connectivity index (χ4v) is 5.94. The molecule has 1 aromatic heterocycles. The molecule has 35 heavy (non-hydrogen) atoms. The number of carbonyl (C=O) groups excluding carboxylic acids is 4. The van der Waals surface area contributed by atoms with Crippen LogP contribution in [0.1, 0.15) is 63.7 Å². The van der Waals surface area contributed by atoms with E-state index < -0.39 is 23.2 Å². The van der Waals surface area contributed by atoms with Crippen molar-refractivity contribution in [2.24, 2.45) is 0 Å². The van der Waals surface area contributed by atoms with Crippen LogP contribution in [0.2, 0.25) is 10.6 Å². The van der Waals surface area contributed by atoms with Crippen LogP contribution in [0.25, 0.3) is 0 Å². The maximum absolute atomic E-state index is 15.1. The summed E-state index contributed by atoms with van der Waals surface area (Å²) in [6.07, 6.45) is 2.69. The first-order valence-electron chi connectivity index (χ1n) is 11.6. The van der Waals surface area contributed by atoms with Crippen LogP contribution < -0.4 is 10.6 Å². The number of imide groups is 1. The van der Waals surface area contributed by atoms with Gasteiger partial charge in [0.2, 0.25) is 11.8 Å². The molecule has 1 aliphatic carbocycles. The second-order valence-corrected chi connectivity index (χ2v) is 11.1. The largest absolute Gasteiger partial charge is 0.340 e. The van der Waals surface area contributed by atoms with Crippen LogP contribution in [0.4, 0.5) is 4.39 Å². The Hall–Kier alpha value is -3.11. The predicted octanol–water partition coefficient (Wildman–Crippen LogP) is 1.62. The quantitative estimate of drug-likeness (QED) is 0.465. The minimum Gasteiger partial charge on any atom is -0.340 e. The third kappa shape index (κ3) is 4.36. The fourth-order valence-electron chi connectivity index (χ4n) is 4.87. The first-order chi connectivity index (χ1) is 16.7. The molecule has 182 valence electrons. The number of nitrogens with zero attached hydrogens (tertiary/aromatic N) is 2. The van der Waals surface area contributed by atoms with Gasteiger partial charge in [-0.1, -0.05) is 11.6 Å². The zero-order valence-corrected chi connectivity index (χ0v) is 21.8. The van der Waals surface area contributed by atoms with E-state index in [1.54, 1.807) is 29.2 Å². The molecule has 8 nitrogen and oxygen atoms in total. The van der Waals surface area contributed by atoms with Crippen LogP contribution in [-0.4, -0.2) is 55.5 Å². The second-order valence-electron chi connectivity index (χ2n) is 9.42. The lowest BCUT2D eigenvalue weighted by Crippen LogP contribution is -2.42. The van der Waals surface area contributed by atoms with E-state index in [1.807, 2.05) is 0 Å². The molecule has 5 rings (SSSR count). The van der Waals surface area contributed by atoms with Crippen molar-refractivity contribution in [3.05, 3.63) is 63.9 Å². The molecule has 3 heterocycles. The number of nitrogens with one attached hydrogen (secondary N) is 2. The summed E-state index contributed by atoms with van der Waals surface area (Å²) in [5, 5.41) is 5.41. The first-order valence-corrected chi connectivity index (χ1v) is 13.1. The van der Waals surface area contributed by atoms with Crippen molar-refractivity contribution in [1.29, 1.82) is 0 Å². The van der Waals surface area contributed by atoms with Gasteiger partial charge in [0, 0.05) is 52.1 Å². The van der Waals surface area contributed by atoms with E-state index in [4.69, 9.17) is 11.6 Å². The third-order valence-corrected chi connectivity index (χ3v) is 8.71. The van der Waals surface area contributed by atoms with E-state index in [1.165, 1.54) is 12.3 Å². The number of hydrogen-bond donors (Lipinski definition) is 2. The Labute approximate surface area is 209 Å². The second kappa shape index (κ2) is 8.83. The molecule has 2 aliphatic heterocycles. The number of alkyl halides is 1. The molecule has 3 atom stereocenters. The highest BCUT2D eigenvalue weighted by Crippen LogP contribution is 2.50. The normalized spacial score (nSPS) is 23.9. The third-order valence-electron chi connectivity index (χ3n) is 7.10. The lowest BCUT2D eigenvalue weighted by Gasteiger charge is -2.30. The summed E-state index contributed by atoms with van der Waals surface area (Å²) in [7, 11) is 0.491. The van der Waals surface area contributed by atoms with Gasteiger partial charge in [0.15, 0.2) is 0 Å². The molecular formula is C24H24ClFN4O4Si. The number of hydrogen-bond acceptors (Lipinski definition) is 5. The van der Waals surface area contributed by atoms with E-state index in [-0.39, 0.29) is 53.0 Å². The molecule has 1 saturated carbocycles. The molecule has 1 aromatic carbocycles. The topological polar surface area (TPSA) is 108 Å². The maximum atomic E-state index is 15.1. The Balaban J connectivity index is 1.37. The van der Waals surface area contributed by atoms with Gasteiger partial charge in [-0.15, -0.1) is 0 Å². The number of rotatable bonds is 5. The van der Waals surface area contributed by atoms with Gasteiger partial charge < -0.3 is 10.2 Å². The van der Waals surface area contributed by atoms with Gasteiger partial charge >= 0.3 is 0 Å². The first kappa shape index (κ1) is 23.6. The molecule has 0 bridgehead atoms. The highest BCUT2D eigenvalue weighted by atomic mass is 35.5. The van der Waals surface area contributed by atoms with Crippen LogP contribution >= 0.6 is 11.6 Å². The van der Waals surface area contributed by atoms with Gasteiger partial charge in [-0.25, -0.2) is 4.39 Å². The number of fused-ring (bicyclic) bond motifs is 1. The summed E-state index contributed by atoms with van der Waals surface area (Å²) in [5.74, 6) is -1.38. The van der Waals surface area contributed by atoms with Gasteiger partial charge in [-0.3, -0.25) is 29.5 Å². The molecule has 2 aromatic rings. The Kier molecular flexibility index (Phi) is 5.96. The molecule has 4 amide bonds. The number of benzene rings is 1. The Morgan fingerprint density at radius 3 is 2.77 bits per heavy atom. The van der Waals surface area contributed by atoms with Crippen LogP contribution in [0.3, 0.4) is 0 Å². The molecule has 2 fully saturated rings. The van der Waals surface area contributed by atoms with Crippen molar-refractivity contribution in [3.63, 3.8) is 0 Å². The Morgan fingerprint density at radius 1 is 1.29 bits per heavy atom. The lowest BCUT2D eigenvalue weighted by atomic mass is 10.0. The average Bonchev–Trinajstić information content (AvgIpc) is 3.53. The van der Waals surface area contributed by atoms with Crippen LogP contribution in [0.15, 0.2) is 36.5 Å². The van der Waals surface area contributed by atoms with Crippen LogP contribution in [0.5, 0.6) is 0 Å². The standard InChI is InChI=1S/C24H24ClFN4O4Si/c25-15-2-1-9-27-18(15)20(24(26)7-8-24)29-21(32)12-3-4-14-13(10-12)11-30(23(14)34)16-5-6-17(31)28-22(33)19(16)35/h1-4,9-10,16,19-20H,5-8,11H2,35H3,(H,29,32)(H,28,31,33)/t16-,19?,20+/m0/s1. The highest BCUT2D eigenvalue weighted by Gasteiger charge is 2.53. The van der Waals surface area contributed by atoms with Gasteiger partial charge in [0.1, 0.15) is 11.7 Å². The van der Waals surface area contributed by atoms with Crippen LogP contribution in [-0.2, 0) is 16.1 Å². The van der Waals surface area contributed by atoms with E-state index in [9.17, 15) is 19.2 Å². The number of pyridine rings is 1. The van der Waals surface area contributed by atoms with E-state index in [0.717, 1.165) is 0 Å². The summed E-state index contributed by atoms with van der Waals surface area (Å²) in [5.41, 5.74) is -0.332. The SMILES string of the molecule is O=C1CC[C@H](N2Cc3cc(C(=O)N[C@H](c4ncccc4Cl)C4(F)CC4)ccc3C2=O)C([SiH3])C(=O)N1. The minimum atomic E-state index is -1.60. The Bertz CT molecular complexity index is 1250. The fraction of sp³-hybridized carbons (Fsp3) is 0.375. The number of amides is 4. The average molecular weight is 515 g/mol. The lowest BCUT2D eigenvalue weighted by molar-refractivity contribution is -0.129. The number of aromatic nitrogens is 1. The van der Waals surface area contributed by atoms with E-state index in [2.05, 4.69) is 15.6 Å². The summed E-state index contributed by atoms with van der Waals surface area (Å²) >= 11 is 6.24. The molecule has 1 saturated heterocycles. The minimum absolute atomic E-state index is 0.172. The Morgan fingerprint density at radius 2 is 2.06 bits per heavy atom. The molecule has 11 heteroatoms. The highest BCUT2D eigenvalue weighted by molar-refractivity contribution is 6.31. The van der Waals surface area contributed by atoms with Crippen molar-refractivity contribution in [2.45, 2.75) is 55.5 Å². The molecular weight excluding hydrogens is 491 g/mol. The zero-order chi connectivity index (χ0) is 24.9. The van der Waals surface area contributed by atoms with Gasteiger partial charge in [-0.05, 0) is 55.2 Å². The summed E-state index contributed by atoms with van der Waals surface area (Å²) in [4.78, 5) is 56.2. The van der Waals surface area contributed by atoms with Crippen LogP contribution in [0, 0.1) is 0 Å². The smallest absolute Gasteiger partial charge is 0.254 e. The molecule has 0 spiro atoms. The summed E-state index contributed by atoms with van der Waals surface area (Å²) < 4.78 is 15.1. The van der Waals surface area contributed by atoms with Crippen molar-refractivity contribution >= 4 is 45.5 Å². The molecule has 2 N–H and O–H groups in total. The molecule has 0 radical (unpaired) electrons. The van der Waals surface area contributed by atoms with Crippen molar-refractivity contribution in [2.75, 3.05) is 0 Å². The number of halogens is 2. The summed E-state index contributed by atoms with van der Waals surface area (Å²) in [6, 6.07) is 6.64. The maximum Gasteiger partial charge on any atom is 0.254 e. The van der Waals surface area contributed by atoms with Crippen molar-refractivity contribution in [1.82, 2.24) is 20.5 Å². The van der Waals surface area contributed by atoms with E-state index in [0.29, 0.717) is 40.6 Å². The van der Waals surface area contributed by atoms with Gasteiger partial charge in [0.25, 0.3) is 11.8 Å².